The third-order valence-electron chi connectivity index (χ3n) is 4.98. The summed E-state index contributed by atoms with van der Waals surface area (Å²) in [6.07, 6.45) is 4.94. The smallest absolute Gasteiger partial charge is 0.203 e. The Kier molecular flexibility index (Phi) is 6.74. The van der Waals surface area contributed by atoms with E-state index in [-0.39, 0.29) is 6.10 Å². The molecule has 0 atom stereocenters. The van der Waals surface area contributed by atoms with Gasteiger partial charge in [0.15, 0.2) is 23.0 Å². The van der Waals surface area contributed by atoms with Crippen molar-refractivity contribution in [1.29, 1.82) is 0 Å². The van der Waals surface area contributed by atoms with Gasteiger partial charge in [-0.25, -0.2) is 0 Å². The number of anilines is 1. The molecule has 6 nitrogen and oxygen atoms in total. The number of methoxy groups -OCH3 is 4. The predicted octanol–water partition coefficient (Wildman–Crippen LogP) is 4.65. The van der Waals surface area contributed by atoms with Crippen molar-refractivity contribution >= 4 is 5.69 Å². The highest BCUT2D eigenvalue weighted by Gasteiger charge is 2.19. The molecule has 1 aliphatic rings. The van der Waals surface area contributed by atoms with Crippen LogP contribution >= 0.6 is 0 Å². The van der Waals surface area contributed by atoms with E-state index in [1.165, 1.54) is 12.8 Å². The van der Waals surface area contributed by atoms with Gasteiger partial charge in [0, 0.05) is 18.3 Å². The zero-order valence-corrected chi connectivity index (χ0v) is 17.0. The van der Waals surface area contributed by atoms with Crippen LogP contribution in [0.15, 0.2) is 30.3 Å². The minimum atomic E-state index is 0.277. The monoisotopic (exact) mass is 387 g/mol. The van der Waals surface area contributed by atoms with Crippen molar-refractivity contribution < 1.29 is 23.7 Å². The Morgan fingerprint density at radius 1 is 0.786 bits per heavy atom. The fourth-order valence-corrected chi connectivity index (χ4v) is 3.51. The lowest BCUT2D eigenvalue weighted by Crippen LogP contribution is -2.12. The van der Waals surface area contributed by atoms with E-state index >= 15 is 0 Å². The van der Waals surface area contributed by atoms with Crippen molar-refractivity contribution in [3.05, 3.63) is 35.9 Å². The maximum Gasteiger partial charge on any atom is 0.203 e. The van der Waals surface area contributed by atoms with Crippen LogP contribution in [-0.2, 0) is 6.54 Å². The first kappa shape index (κ1) is 20.0. The van der Waals surface area contributed by atoms with E-state index in [9.17, 15) is 0 Å². The third kappa shape index (κ3) is 4.55. The van der Waals surface area contributed by atoms with Gasteiger partial charge in [-0.3, -0.25) is 0 Å². The van der Waals surface area contributed by atoms with Gasteiger partial charge in [-0.05, 0) is 55.5 Å². The number of benzene rings is 2. The summed E-state index contributed by atoms with van der Waals surface area (Å²) < 4.78 is 27.9. The van der Waals surface area contributed by atoms with Gasteiger partial charge in [0.2, 0.25) is 5.75 Å². The lowest BCUT2D eigenvalue weighted by Gasteiger charge is -2.18. The molecule has 1 aliphatic carbocycles. The number of hydrogen-bond donors (Lipinski definition) is 1. The predicted molar refractivity (Wildman–Crippen MR) is 109 cm³/mol. The van der Waals surface area contributed by atoms with Crippen LogP contribution in [0.3, 0.4) is 0 Å². The van der Waals surface area contributed by atoms with Crippen molar-refractivity contribution in [2.24, 2.45) is 0 Å². The molecular formula is C22H29NO5. The van der Waals surface area contributed by atoms with Crippen LogP contribution < -0.4 is 29.0 Å². The van der Waals surface area contributed by atoms with Crippen LogP contribution in [0.4, 0.5) is 5.69 Å². The molecule has 0 spiro atoms. The molecule has 0 heterocycles. The molecule has 0 aromatic heterocycles. The Bertz CT molecular complexity index is 761. The Balaban J connectivity index is 1.75. The minimum absolute atomic E-state index is 0.277. The summed E-state index contributed by atoms with van der Waals surface area (Å²) in [5.41, 5.74) is 1.98. The second-order valence-electron chi connectivity index (χ2n) is 6.78. The fourth-order valence-electron chi connectivity index (χ4n) is 3.51. The molecule has 1 N–H and O–H groups in total. The zero-order valence-electron chi connectivity index (χ0n) is 17.0. The van der Waals surface area contributed by atoms with Crippen LogP contribution in [0.5, 0.6) is 28.7 Å². The number of nitrogens with one attached hydrogen (secondary N) is 1. The summed E-state index contributed by atoms with van der Waals surface area (Å²) >= 11 is 0. The van der Waals surface area contributed by atoms with Gasteiger partial charge >= 0.3 is 0 Å². The Labute approximate surface area is 166 Å². The van der Waals surface area contributed by atoms with E-state index in [1.54, 1.807) is 28.4 Å². The highest BCUT2D eigenvalue weighted by molar-refractivity contribution is 5.57. The second-order valence-corrected chi connectivity index (χ2v) is 6.78. The Hall–Kier alpha value is -2.76. The molecule has 1 fully saturated rings. The average molecular weight is 387 g/mol. The molecule has 0 amide bonds. The lowest BCUT2D eigenvalue weighted by molar-refractivity contribution is 0.201. The first-order valence-corrected chi connectivity index (χ1v) is 9.56. The number of ether oxygens (including phenoxy) is 5. The number of rotatable bonds is 9. The van der Waals surface area contributed by atoms with E-state index in [1.807, 2.05) is 30.3 Å². The maximum absolute atomic E-state index is 6.17. The molecule has 152 valence electrons. The maximum atomic E-state index is 6.17. The summed E-state index contributed by atoms with van der Waals surface area (Å²) in [6.45, 7) is 0.603. The van der Waals surface area contributed by atoms with Gasteiger partial charge in [-0.15, -0.1) is 0 Å². The molecule has 2 aromatic rings. The summed E-state index contributed by atoms with van der Waals surface area (Å²) in [5, 5.41) is 3.43. The molecule has 3 rings (SSSR count). The summed E-state index contributed by atoms with van der Waals surface area (Å²) in [6, 6.07) is 9.79. The van der Waals surface area contributed by atoms with Gasteiger partial charge < -0.3 is 29.0 Å². The van der Waals surface area contributed by atoms with Crippen molar-refractivity contribution in [2.75, 3.05) is 33.8 Å². The molecule has 6 heteroatoms. The van der Waals surface area contributed by atoms with Crippen LogP contribution in [0.2, 0.25) is 0 Å². The van der Waals surface area contributed by atoms with E-state index in [0.29, 0.717) is 23.8 Å². The Morgan fingerprint density at radius 2 is 1.43 bits per heavy atom. The van der Waals surface area contributed by atoms with Crippen LogP contribution in [0, 0.1) is 0 Å². The lowest BCUT2D eigenvalue weighted by atomic mass is 10.1. The molecule has 0 aliphatic heterocycles. The van der Waals surface area contributed by atoms with Crippen LogP contribution in [0.1, 0.15) is 31.2 Å². The highest BCUT2D eigenvalue weighted by Crippen LogP contribution is 2.39. The molecular weight excluding hydrogens is 358 g/mol. The summed E-state index contributed by atoms with van der Waals surface area (Å²) in [5.74, 6) is 3.40. The third-order valence-corrected chi connectivity index (χ3v) is 4.98. The normalized spacial score (nSPS) is 13.9. The summed E-state index contributed by atoms with van der Waals surface area (Å²) in [7, 11) is 6.50. The van der Waals surface area contributed by atoms with Gasteiger partial charge in [0.1, 0.15) is 0 Å². The Morgan fingerprint density at radius 3 is 2.00 bits per heavy atom. The highest BCUT2D eigenvalue weighted by atomic mass is 16.5. The van der Waals surface area contributed by atoms with Crippen molar-refractivity contribution in [3.8, 4) is 28.7 Å². The van der Waals surface area contributed by atoms with E-state index in [4.69, 9.17) is 23.7 Å². The molecule has 0 unspecified atom stereocenters. The van der Waals surface area contributed by atoms with Crippen LogP contribution in [-0.4, -0.2) is 34.5 Å². The van der Waals surface area contributed by atoms with Crippen molar-refractivity contribution in [1.82, 2.24) is 0 Å². The van der Waals surface area contributed by atoms with Crippen molar-refractivity contribution in [2.45, 2.75) is 38.3 Å². The van der Waals surface area contributed by atoms with E-state index in [2.05, 4.69) is 5.32 Å². The van der Waals surface area contributed by atoms with Gasteiger partial charge in [-0.1, -0.05) is 0 Å². The summed E-state index contributed by atoms with van der Waals surface area (Å²) in [4.78, 5) is 0. The number of hydrogen-bond acceptors (Lipinski definition) is 6. The minimum Gasteiger partial charge on any atom is -0.493 e. The molecule has 1 saturated carbocycles. The molecule has 0 radical (unpaired) electrons. The largest absolute Gasteiger partial charge is 0.493 e. The van der Waals surface area contributed by atoms with Crippen LogP contribution in [0.25, 0.3) is 0 Å². The van der Waals surface area contributed by atoms with Gasteiger partial charge in [-0.2, -0.15) is 0 Å². The molecule has 0 bridgehead atoms. The zero-order chi connectivity index (χ0) is 19.9. The quantitative estimate of drug-likeness (QED) is 0.676. The van der Waals surface area contributed by atoms with E-state index in [0.717, 1.165) is 35.6 Å². The van der Waals surface area contributed by atoms with Gasteiger partial charge in [0.05, 0.1) is 34.5 Å². The fraction of sp³-hybridized carbons (Fsp3) is 0.455. The standard InChI is InChI=1S/C22H29NO5/c1-24-18-10-9-16(13-19(18)28-17-7-5-6-8-17)23-14-15-11-20(25-2)22(27-4)21(12-15)26-3/h9-13,17,23H,5-8,14H2,1-4H3. The van der Waals surface area contributed by atoms with Crippen molar-refractivity contribution in [3.63, 3.8) is 0 Å². The molecule has 28 heavy (non-hydrogen) atoms. The topological polar surface area (TPSA) is 58.2 Å². The van der Waals surface area contributed by atoms with E-state index < -0.39 is 0 Å². The van der Waals surface area contributed by atoms with Gasteiger partial charge in [0.25, 0.3) is 0 Å². The SMILES string of the molecule is COc1ccc(NCc2cc(OC)c(OC)c(OC)c2)cc1OC1CCCC1. The first-order valence-electron chi connectivity index (χ1n) is 9.56. The molecule has 2 aromatic carbocycles. The second kappa shape index (κ2) is 9.44. The molecule has 0 saturated heterocycles. The average Bonchev–Trinajstić information content (AvgIpc) is 3.24. The first-order chi connectivity index (χ1) is 13.7.